The minimum atomic E-state index is -2.62. The Balaban J connectivity index is 2.47. The fourth-order valence-electron chi connectivity index (χ4n) is 1.56. The zero-order chi connectivity index (χ0) is 12.0. The van der Waals surface area contributed by atoms with Gasteiger partial charge >= 0.3 is 8.25 Å². The number of ether oxygens (including phenoxy) is 2. The standard InChI is InChI=1S/C8H15N2O5P/c1-2-13-6-3-8(10-5-9)15-7(6)4-14-16(11)12/h5-8H,2-4H2,1H3,(H2-,9,10,11,12)/p+1/t6?,7-,8-/m1/s1. The minimum Gasteiger partial charge on any atom is -0.390 e. The van der Waals surface area contributed by atoms with Crippen LogP contribution in [0.3, 0.4) is 0 Å². The molecule has 1 aliphatic rings. The van der Waals surface area contributed by atoms with Gasteiger partial charge in [-0.3, -0.25) is 0 Å². The van der Waals surface area contributed by atoms with E-state index in [-0.39, 0.29) is 25.0 Å². The number of hydrogen-bond donors (Lipinski definition) is 2. The van der Waals surface area contributed by atoms with Gasteiger partial charge in [0.2, 0.25) is 0 Å². The molecule has 7 nitrogen and oxygen atoms in total. The molecule has 8 heteroatoms. The molecule has 92 valence electrons. The molecule has 2 unspecified atom stereocenters. The molecule has 1 aliphatic heterocycles. The van der Waals surface area contributed by atoms with Gasteiger partial charge in [0.05, 0.1) is 12.4 Å². The summed E-state index contributed by atoms with van der Waals surface area (Å²) >= 11 is 0. The number of nitrogens with two attached hydrogens (primary N) is 1. The molecule has 0 radical (unpaired) electrons. The largest absolute Gasteiger partial charge is 0.694 e. The molecule has 3 N–H and O–H groups in total. The molecule has 1 saturated heterocycles. The SMILES string of the molecule is CCOC1C[C@H](N=CN)O[C@@H]1CO[P+](=O)O. The van der Waals surface area contributed by atoms with Crippen LogP contribution in [-0.4, -0.2) is 42.9 Å². The molecule has 1 heterocycles. The summed E-state index contributed by atoms with van der Waals surface area (Å²) in [5.41, 5.74) is 5.16. The molecule has 0 aromatic heterocycles. The van der Waals surface area contributed by atoms with Crippen LogP contribution in [0.4, 0.5) is 0 Å². The molecule has 0 aromatic carbocycles. The van der Waals surface area contributed by atoms with Crippen LogP contribution in [0, 0.1) is 0 Å². The van der Waals surface area contributed by atoms with Gasteiger partial charge < -0.3 is 15.2 Å². The zero-order valence-electron chi connectivity index (χ0n) is 8.98. The number of nitrogens with zero attached hydrogens (tertiary/aromatic N) is 1. The predicted molar refractivity (Wildman–Crippen MR) is 57.1 cm³/mol. The lowest BCUT2D eigenvalue weighted by atomic mass is 10.2. The first-order valence-electron chi connectivity index (χ1n) is 4.96. The molecule has 4 atom stereocenters. The van der Waals surface area contributed by atoms with Crippen LogP contribution in [0.1, 0.15) is 13.3 Å². The van der Waals surface area contributed by atoms with Gasteiger partial charge in [-0.15, -0.1) is 9.42 Å². The van der Waals surface area contributed by atoms with E-state index in [0.29, 0.717) is 13.0 Å². The monoisotopic (exact) mass is 251 g/mol. The average Bonchev–Trinajstić information content (AvgIpc) is 2.59. The first-order valence-corrected chi connectivity index (χ1v) is 6.09. The quantitative estimate of drug-likeness (QED) is 0.396. The molecular weight excluding hydrogens is 235 g/mol. The Labute approximate surface area is 94.5 Å². The summed E-state index contributed by atoms with van der Waals surface area (Å²) in [5.74, 6) is 0. The summed E-state index contributed by atoms with van der Waals surface area (Å²) in [6, 6.07) is 0. The average molecular weight is 251 g/mol. The van der Waals surface area contributed by atoms with Gasteiger partial charge in [-0.2, -0.15) is 0 Å². The second kappa shape index (κ2) is 6.88. The molecule has 0 aliphatic carbocycles. The second-order valence-corrected chi connectivity index (χ2v) is 3.92. The fourth-order valence-corrected chi connectivity index (χ4v) is 1.84. The van der Waals surface area contributed by atoms with Gasteiger partial charge in [-0.1, -0.05) is 0 Å². The van der Waals surface area contributed by atoms with Gasteiger partial charge in [-0.25, -0.2) is 4.99 Å². The first-order chi connectivity index (χ1) is 7.67. The maximum atomic E-state index is 10.4. The maximum absolute atomic E-state index is 10.4. The van der Waals surface area contributed by atoms with Crippen molar-refractivity contribution in [3.8, 4) is 0 Å². The van der Waals surface area contributed by atoms with E-state index in [9.17, 15) is 4.57 Å². The number of hydrogen-bond acceptors (Lipinski definition) is 5. The van der Waals surface area contributed by atoms with Gasteiger partial charge in [0.15, 0.2) is 6.23 Å². The minimum absolute atomic E-state index is 0.00691. The molecule has 1 rings (SSSR count). The third-order valence-electron chi connectivity index (χ3n) is 2.16. The molecule has 16 heavy (non-hydrogen) atoms. The van der Waals surface area contributed by atoms with Crippen LogP contribution in [0.15, 0.2) is 4.99 Å². The summed E-state index contributed by atoms with van der Waals surface area (Å²) in [5, 5.41) is 0. The lowest BCUT2D eigenvalue weighted by Gasteiger charge is -2.14. The Morgan fingerprint density at radius 2 is 2.50 bits per heavy atom. The molecule has 1 fully saturated rings. The lowest BCUT2D eigenvalue weighted by molar-refractivity contribution is -0.0379. The van der Waals surface area contributed by atoms with Gasteiger partial charge in [0.25, 0.3) is 0 Å². The lowest BCUT2D eigenvalue weighted by Crippen LogP contribution is -2.28. The van der Waals surface area contributed by atoms with Crippen LogP contribution < -0.4 is 5.73 Å². The van der Waals surface area contributed by atoms with E-state index in [2.05, 4.69) is 9.52 Å². The summed E-state index contributed by atoms with van der Waals surface area (Å²) < 4.78 is 25.9. The Morgan fingerprint density at radius 3 is 3.06 bits per heavy atom. The second-order valence-electron chi connectivity index (χ2n) is 3.19. The predicted octanol–water partition coefficient (Wildman–Crippen LogP) is 0.160. The third kappa shape index (κ3) is 4.11. The van der Waals surface area contributed by atoms with Crippen molar-refractivity contribution in [2.24, 2.45) is 10.7 Å². The molecule has 0 amide bonds. The van der Waals surface area contributed by atoms with Gasteiger partial charge in [0.1, 0.15) is 12.7 Å². The summed E-state index contributed by atoms with van der Waals surface area (Å²) in [6.07, 6.45) is 0.793. The Morgan fingerprint density at radius 1 is 1.75 bits per heavy atom. The smallest absolute Gasteiger partial charge is 0.390 e. The topological polar surface area (TPSA) is 103 Å². The van der Waals surface area contributed by atoms with Crippen molar-refractivity contribution in [2.75, 3.05) is 13.2 Å². The number of rotatable bonds is 6. The van der Waals surface area contributed by atoms with Gasteiger partial charge in [-0.05, 0) is 6.92 Å². The van der Waals surface area contributed by atoms with Crippen LogP contribution in [0.25, 0.3) is 0 Å². The maximum Gasteiger partial charge on any atom is 0.694 e. The highest BCUT2D eigenvalue weighted by Gasteiger charge is 2.37. The van der Waals surface area contributed by atoms with Crippen molar-refractivity contribution < 1.29 is 23.5 Å². The van der Waals surface area contributed by atoms with E-state index in [1.54, 1.807) is 0 Å². The third-order valence-corrected chi connectivity index (χ3v) is 2.53. The highest BCUT2D eigenvalue weighted by molar-refractivity contribution is 7.32. The van der Waals surface area contributed by atoms with Crippen molar-refractivity contribution >= 4 is 14.6 Å². The molecular formula is C8H16N2O5P+. The fraction of sp³-hybridized carbons (Fsp3) is 0.875. The van der Waals surface area contributed by atoms with E-state index >= 15 is 0 Å². The van der Waals surface area contributed by atoms with Gasteiger partial charge in [0, 0.05) is 17.6 Å². The Kier molecular flexibility index (Phi) is 5.79. The van der Waals surface area contributed by atoms with Crippen molar-refractivity contribution in [3.05, 3.63) is 0 Å². The Bertz CT molecular complexity index is 263. The Hall–Kier alpha value is -0.590. The van der Waals surface area contributed by atoms with Crippen molar-refractivity contribution in [3.63, 3.8) is 0 Å². The first kappa shape index (κ1) is 13.5. The van der Waals surface area contributed by atoms with Crippen LogP contribution in [0.5, 0.6) is 0 Å². The van der Waals surface area contributed by atoms with E-state index in [4.69, 9.17) is 20.1 Å². The van der Waals surface area contributed by atoms with Crippen LogP contribution in [0.2, 0.25) is 0 Å². The molecule has 0 bridgehead atoms. The molecule has 0 saturated carbocycles. The summed E-state index contributed by atoms with van der Waals surface area (Å²) in [6.45, 7) is 2.41. The van der Waals surface area contributed by atoms with Crippen molar-refractivity contribution in [2.45, 2.75) is 31.8 Å². The van der Waals surface area contributed by atoms with E-state index in [0.717, 1.165) is 0 Å². The van der Waals surface area contributed by atoms with E-state index < -0.39 is 8.25 Å². The van der Waals surface area contributed by atoms with E-state index in [1.165, 1.54) is 6.34 Å². The summed E-state index contributed by atoms with van der Waals surface area (Å²) in [4.78, 5) is 12.4. The van der Waals surface area contributed by atoms with Crippen LogP contribution in [-0.2, 0) is 18.6 Å². The molecule has 0 aromatic rings. The highest BCUT2D eigenvalue weighted by atomic mass is 31.1. The van der Waals surface area contributed by atoms with Crippen molar-refractivity contribution in [1.82, 2.24) is 0 Å². The highest BCUT2D eigenvalue weighted by Crippen LogP contribution is 2.26. The summed E-state index contributed by atoms with van der Waals surface area (Å²) in [7, 11) is -2.62. The number of aliphatic imine (C=N–C) groups is 1. The zero-order valence-corrected chi connectivity index (χ0v) is 9.88. The van der Waals surface area contributed by atoms with Crippen LogP contribution >= 0.6 is 8.25 Å². The normalized spacial score (nSPS) is 31.1. The molecule has 0 spiro atoms. The van der Waals surface area contributed by atoms with E-state index in [1.807, 2.05) is 6.92 Å². The van der Waals surface area contributed by atoms with Crippen molar-refractivity contribution in [1.29, 1.82) is 0 Å².